The number of hydrogen-bond acceptors (Lipinski definition) is 4. The van der Waals surface area contributed by atoms with E-state index < -0.39 is 0 Å². The van der Waals surface area contributed by atoms with E-state index >= 15 is 0 Å². The Morgan fingerprint density at radius 3 is 2.43 bits per heavy atom. The van der Waals surface area contributed by atoms with Gasteiger partial charge in [0.1, 0.15) is 11.5 Å². The fourth-order valence-electron chi connectivity index (χ4n) is 1.80. The minimum atomic E-state index is -0.155. The summed E-state index contributed by atoms with van der Waals surface area (Å²) in [6, 6.07) is 12.1. The van der Waals surface area contributed by atoms with E-state index in [1.807, 2.05) is 6.92 Å². The third-order valence-corrected chi connectivity index (χ3v) is 2.90. The number of nitrogens with one attached hydrogen (secondary N) is 1. The van der Waals surface area contributed by atoms with Crippen molar-refractivity contribution in [1.29, 1.82) is 0 Å². The van der Waals surface area contributed by atoms with Crippen molar-refractivity contribution in [3.63, 3.8) is 0 Å². The van der Waals surface area contributed by atoms with Gasteiger partial charge in [-0.2, -0.15) is 0 Å². The first kappa shape index (κ1) is 14.7. The minimum Gasteiger partial charge on any atom is -0.497 e. The first-order chi connectivity index (χ1) is 10.1. The zero-order chi connectivity index (χ0) is 15.2. The van der Waals surface area contributed by atoms with Crippen molar-refractivity contribution in [1.82, 2.24) is 5.32 Å². The van der Waals surface area contributed by atoms with Crippen LogP contribution in [0.15, 0.2) is 42.5 Å². The van der Waals surface area contributed by atoms with Gasteiger partial charge in [-0.1, -0.05) is 0 Å². The fourth-order valence-corrected chi connectivity index (χ4v) is 1.80. The fraction of sp³-hybridized carbons (Fsp3) is 0.188. The number of ether oxygens (including phenoxy) is 2. The summed E-state index contributed by atoms with van der Waals surface area (Å²) in [5, 5.41) is 2.74. The predicted molar refractivity (Wildman–Crippen MR) is 81.9 cm³/mol. The van der Waals surface area contributed by atoms with Gasteiger partial charge in [0.2, 0.25) is 0 Å². The van der Waals surface area contributed by atoms with Crippen molar-refractivity contribution in [2.45, 2.75) is 6.92 Å². The molecule has 1 amide bonds. The maximum Gasteiger partial charge on any atom is 0.251 e. The number of hydrogen-bond donors (Lipinski definition) is 2. The van der Waals surface area contributed by atoms with Crippen LogP contribution in [0.1, 0.15) is 17.3 Å². The van der Waals surface area contributed by atoms with E-state index in [0.29, 0.717) is 29.3 Å². The third kappa shape index (κ3) is 3.66. The van der Waals surface area contributed by atoms with Crippen molar-refractivity contribution < 1.29 is 14.3 Å². The van der Waals surface area contributed by atoms with Gasteiger partial charge in [-0.3, -0.25) is 4.79 Å². The lowest BCUT2D eigenvalue weighted by Gasteiger charge is -2.11. The standard InChI is InChI=1S/C16H18N2O3/c1-3-18-16(19)11-4-9-14(17)15(10-11)21-13-7-5-12(20-2)6-8-13/h4-10H,3,17H2,1-2H3,(H,18,19). The highest BCUT2D eigenvalue weighted by molar-refractivity contribution is 5.95. The molecule has 0 saturated carbocycles. The maximum absolute atomic E-state index is 11.8. The molecular weight excluding hydrogens is 268 g/mol. The molecule has 110 valence electrons. The molecule has 0 unspecified atom stereocenters. The number of anilines is 1. The lowest BCUT2D eigenvalue weighted by atomic mass is 10.1. The van der Waals surface area contributed by atoms with Gasteiger partial charge in [0.25, 0.3) is 5.91 Å². The normalized spacial score (nSPS) is 10.0. The summed E-state index contributed by atoms with van der Waals surface area (Å²) in [6.45, 7) is 2.43. The number of benzene rings is 2. The highest BCUT2D eigenvalue weighted by Crippen LogP contribution is 2.29. The third-order valence-electron chi connectivity index (χ3n) is 2.90. The molecule has 2 aromatic rings. The van der Waals surface area contributed by atoms with Gasteiger partial charge < -0.3 is 20.5 Å². The molecular formula is C16H18N2O3. The maximum atomic E-state index is 11.8. The van der Waals surface area contributed by atoms with E-state index in [-0.39, 0.29) is 5.91 Å². The number of rotatable bonds is 5. The zero-order valence-electron chi connectivity index (χ0n) is 12.1. The van der Waals surface area contributed by atoms with Crippen LogP contribution in [0.25, 0.3) is 0 Å². The Kier molecular flexibility index (Phi) is 4.66. The molecule has 0 spiro atoms. The number of nitrogens with two attached hydrogens (primary N) is 1. The molecule has 5 nitrogen and oxygen atoms in total. The van der Waals surface area contributed by atoms with Crippen LogP contribution < -0.4 is 20.5 Å². The first-order valence-corrected chi connectivity index (χ1v) is 6.63. The van der Waals surface area contributed by atoms with Gasteiger partial charge in [0.05, 0.1) is 12.8 Å². The Morgan fingerprint density at radius 1 is 1.14 bits per heavy atom. The van der Waals surface area contributed by atoms with Gasteiger partial charge in [-0.15, -0.1) is 0 Å². The Balaban J connectivity index is 2.21. The summed E-state index contributed by atoms with van der Waals surface area (Å²) in [4.78, 5) is 11.8. The first-order valence-electron chi connectivity index (χ1n) is 6.63. The van der Waals surface area contributed by atoms with E-state index in [4.69, 9.17) is 15.2 Å². The molecule has 0 aromatic heterocycles. The van der Waals surface area contributed by atoms with E-state index in [1.54, 1.807) is 49.6 Å². The molecule has 0 radical (unpaired) electrons. The molecule has 0 fully saturated rings. The lowest BCUT2D eigenvalue weighted by Crippen LogP contribution is -2.22. The summed E-state index contributed by atoms with van der Waals surface area (Å²) >= 11 is 0. The number of methoxy groups -OCH3 is 1. The van der Waals surface area contributed by atoms with Crippen LogP contribution in [-0.4, -0.2) is 19.6 Å². The lowest BCUT2D eigenvalue weighted by molar-refractivity contribution is 0.0955. The van der Waals surface area contributed by atoms with Crippen LogP contribution in [0.5, 0.6) is 17.2 Å². The molecule has 5 heteroatoms. The second-order valence-corrected chi connectivity index (χ2v) is 4.39. The highest BCUT2D eigenvalue weighted by Gasteiger charge is 2.09. The number of nitrogen functional groups attached to an aromatic ring is 1. The van der Waals surface area contributed by atoms with E-state index in [1.165, 1.54) is 0 Å². The summed E-state index contributed by atoms with van der Waals surface area (Å²) < 4.78 is 10.8. The smallest absolute Gasteiger partial charge is 0.251 e. The van der Waals surface area contributed by atoms with E-state index in [0.717, 1.165) is 5.75 Å². The molecule has 0 aliphatic heterocycles. The second kappa shape index (κ2) is 6.65. The van der Waals surface area contributed by atoms with Crippen molar-refractivity contribution in [3.8, 4) is 17.2 Å². The second-order valence-electron chi connectivity index (χ2n) is 4.39. The molecule has 0 heterocycles. The SMILES string of the molecule is CCNC(=O)c1ccc(N)c(Oc2ccc(OC)cc2)c1. The summed E-state index contributed by atoms with van der Waals surface area (Å²) in [5.41, 5.74) is 6.87. The van der Waals surface area contributed by atoms with Crippen LogP contribution >= 0.6 is 0 Å². The average molecular weight is 286 g/mol. The average Bonchev–Trinajstić information content (AvgIpc) is 2.50. The molecule has 2 rings (SSSR count). The summed E-state index contributed by atoms with van der Waals surface area (Å²) in [5.74, 6) is 1.66. The predicted octanol–water partition coefficient (Wildman–Crippen LogP) is 2.82. The Bertz CT molecular complexity index is 624. The van der Waals surface area contributed by atoms with Gasteiger partial charge in [-0.25, -0.2) is 0 Å². The Labute approximate surface area is 123 Å². The van der Waals surface area contributed by atoms with Crippen molar-refractivity contribution >= 4 is 11.6 Å². The van der Waals surface area contributed by atoms with Crippen LogP contribution in [0, 0.1) is 0 Å². The quantitative estimate of drug-likeness (QED) is 0.829. The molecule has 0 aliphatic carbocycles. The van der Waals surface area contributed by atoms with Gasteiger partial charge in [0, 0.05) is 12.1 Å². The van der Waals surface area contributed by atoms with Crippen LogP contribution in [0.4, 0.5) is 5.69 Å². The van der Waals surface area contributed by atoms with Crippen molar-refractivity contribution in [2.24, 2.45) is 0 Å². The van der Waals surface area contributed by atoms with E-state index in [9.17, 15) is 4.79 Å². The van der Waals surface area contributed by atoms with E-state index in [2.05, 4.69) is 5.32 Å². The van der Waals surface area contributed by atoms with Gasteiger partial charge >= 0.3 is 0 Å². The number of amides is 1. The topological polar surface area (TPSA) is 73.6 Å². The van der Waals surface area contributed by atoms with Crippen molar-refractivity contribution in [3.05, 3.63) is 48.0 Å². The molecule has 2 aromatic carbocycles. The van der Waals surface area contributed by atoms with Gasteiger partial charge in [0.15, 0.2) is 5.75 Å². The summed E-state index contributed by atoms with van der Waals surface area (Å²) in [7, 11) is 1.60. The number of carbonyl (C=O) groups is 1. The van der Waals surface area contributed by atoms with Crippen LogP contribution in [0.3, 0.4) is 0 Å². The largest absolute Gasteiger partial charge is 0.497 e. The zero-order valence-corrected chi connectivity index (χ0v) is 12.1. The Morgan fingerprint density at radius 2 is 1.81 bits per heavy atom. The Hall–Kier alpha value is -2.69. The molecule has 0 bridgehead atoms. The molecule has 0 saturated heterocycles. The van der Waals surface area contributed by atoms with Crippen molar-refractivity contribution in [2.75, 3.05) is 19.4 Å². The molecule has 0 atom stereocenters. The molecule has 0 aliphatic rings. The minimum absolute atomic E-state index is 0.155. The molecule has 21 heavy (non-hydrogen) atoms. The number of carbonyl (C=O) groups excluding carboxylic acids is 1. The monoisotopic (exact) mass is 286 g/mol. The van der Waals surface area contributed by atoms with Crippen LogP contribution in [0.2, 0.25) is 0 Å². The van der Waals surface area contributed by atoms with Crippen LogP contribution in [-0.2, 0) is 0 Å². The molecule has 3 N–H and O–H groups in total. The van der Waals surface area contributed by atoms with Gasteiger partial charge in [-0.05, 0) is 49.4 Å². The summed E-state index contributed by atoms with van der Waals surface area (Å²) in [6.07, 6.45) is 0. The highest BCUT2D eigenvalue weighted by atomic mass is 16.5.